The highest BCUT2D eigenvalue weighted by atomic mass is 35.5. The van der Waals surface area contributed by atoms with E-state index in [-0.39, 0.29) is 18.3 Å². The first-order valence-corrected chi connectivity index (χ1v) is 6.30. The van der Waals surface area contributed by atoms with Crippen LogP contribution in [0.3, 0.4) is 0 Å². The monoisotopic (exact) mass is 260 g/mol. The first kappa shape index (κ1) is 16.5. The molecule has 0 saturated heterocycles. The predicted molar refractivity (Wildman–Crippen MR) is 74.2 cm³/mol. The topological polar surface area (TPSA) is 46.3 Å². The van der Waals surface area contributed by atoms with Gasteiger partial charge in [-0.2, -0.15) is 0 Å². The van der Waals surface area contributed by atoms with E-state index in [2.05, 4.69) is 6.58 Å². The van der Waals surface area contributed by atoms with Crippen molar-refractivity contribution in [3.8, 4) is 0 Å². The number of halogens is 1. The minimum Gasteiger partial charge on any atom is -0.337 e. The number of nitrogens with zero attached hydrogens (tertiary/aromatic N) is 1. The van der Waals surface area contributed by atoms with Crippen LogP contribution >= 0.6 is 12.4 Å². The summed E-state index contributed by atoms with van der Waals surface area (Å²) < 4.78 is 0. The molecule has 0 radical (unpaired) electrons. The third-order valence-corrected chi connectivity index (χ3v) is 3.25. The van der Waals surface area contributed by atoms with Crippen molar-refractivity contribution in [2.24, 2.45) is 11.7 Å². The highest BCUT2D eigenvalue weighted by molar-refractivity contribution is 5.85. The third-order valence-electron chi connectivity index (χ3n) is 3.25. The van der Waals surface area contributed by atoms with Crippen molar-refractivity contribution < 1.29 is 4.79 Å². The fourth-order valence-electron chi connectivity index (χ4n) is 2.38. The molecular formula is C13H25ClN2O. The highest BCUT2D eigenvalue weighted by Crippen LogP contribution is 2.24. The van der Waals surface area contributed by atoms with Crippen LogP contribution in [0.5, 0.6) is 0 Å². The van der Waals surface area contributed by atoms with Gasteiger partial charge in [0.15, 0.2) is 0 Å². The predicted octanol–water partition coefficient (Wildman–Crippen LogP) is 2.35. The number of hydrogen-bond donors (Lipinski definition) is 1. The number of rotatable bonds is 5. The summed E-state index contributed by atoms with van der Waals surface area (Å²) in [4.78, 5) is 13.7. The van der Waals surface area contributed by atoms with Gasteiger partial charge in [-0.25, -0.2) is 0 Å². The molecule has 0 aromatic carbocycles. The van der Waals surface area contributed by atoms with E-state index >= 15 is 0 Å². The summed E-state index contributed by atoms with van der Waals surface area (Å²) in [5.74, 6) is 0.710. The van der Waals surface area contributed by atoms with Gasteiger partial charge in [0.1, 0.15) is 0 Å². The van der Waals surface area contributed by atoms with Gasteiger partial charge in [0.2, 0.25) is 5.91 Å². The summed E-state index contributed by atoms with van der Waals surface area (Å²) in [5.41, 5.74) is 5.65. The second kappa shape index (κ2) is 8.54. The molecule has 0 aliphatic heterocycles. The number of hydrogen-bond acceptors (Lipinski definition) is 2. The minimum absolute atomic E-state index is 0. The van der Waals surface area contributed by atoms with Gasteiger partial charge in [-0.1, -0.05) is 25.3 Å². The lowest BCUT2D eigenvalue weighted by atomic mass is 9.89. The molecule has 0 bridgehead atoms. The molecule has 3 nitrogen and oxygen atoms in total. The minimum atomic E-state index is -0.399. The lowest BCUT2D eigenvalue weighted by Gasteiger charge is -2.30. The van der Waals surface area contributed by atoms with Crippen molar-refractivity contribution in [2.75, 3.05) is 13.1 Å². The summed E-state index contributed by atoms with van der Waals surface area (Å²) >= 11 is 0. The van der Waals surface area contributed by atoms with Gasteiger partial charge in [-0.05, 0) is 25.7 Å². The smallest absolute Gasteiger partial charge is 0.239 e. The van der Waals surface area contributed by atoms with Crippen LogP contribution in [0, 0.1) is 5.92 Å². The Labute approximate surface area is 111 Å². The molecule has 0 aromatic heterocycles. The number of carbonyl (C=O) groups excluding carboxylic acids is 1. The van der Waals surface area contributed by atoms with E-state index in [1.165, 1.54) is 32.1 Å². The van der Waals surface area contributed by atoms with Crippen LogP contribution in [0.1, 0.15) is 39.0 Å². The SMILES string of the molecule is C=CCN(CC1CCCCC1)C(=O)[C@H](C)N.Cl. The zero-order valence-electron chi connectivity index (χ0n) is 10.7. The average Bonchev–Trinajstić information content (AvgIpc) is 2.29. The van der Waals surface area contributed by atoms with Gasteiger partial charge in [-0.3, -0.25) is 4.79 Å². The Kier molecular flexibility index (Phi) is 8.26. The molecule has 4 heteroatoms. The first-order chi connectivity index (χ1) is 7.65. The van der Waals surface area contributed by atoms with Gasteiger partial charge >= 0.3 is 0 Å². The number of nitrogens with two attached hydrogens (primary N) is 1. The third kappa shape index (κ3) is 5.55. The highest BCUT2D eigenvalue weighted by Gasteiger charge is 2.21. The number of amides is 1. The molecule has 0 heterocycles. The fourth-order valence-corrected chi connectivity index (χ4v) is 2.38. The largest absolute Gasteiger partial charge is 0.337 e. The summed E-state index contributed by atoms with van der Waals surface area (Å²) in [7, 11) is 0. The van der Waals surface area contributed by atoms with E-state index in [1.54, 1.807) is 13.0 Å². The van der Waals surface area contributed by atoms with Crippen LogP contribution in [0.4, 0.5) is 0 Å². The van der Waals surface area contributed by atoms with E-state index < -0.39 is 6.04 Å². The van der Waals surface area contributed by atoms with Crippen molar-refractivity contribution in [3.05, 3.63) is 12.7 Å². The Hall–Kier alpha value is -0.540. The summed E-state index contributed by atoms with van der Waals surface area (Å²) in [6.45, 7) is 6.93. The molecule has 2 N–H and O–H groups in total. The molecule has 1 aliphatic carbocycles. The van der Waals surface area contributed by atoms with Crippen LogP contribution in [0.25, 0.3) is 0 Å². The molecule has 1 atom stereocenters. The maximum atomic E-state index is 11.9. The summed E-state index contributed by atoms with van der Waals surface area (Å²) in [6, 6.07) is -0.399. The Morgan fingerprint density at radius 2 is 2.06 bits per heavy atom. The van der Waals surface area contributed by atoms with Crippen molar-refractivity contribution in [3.63, 3.8) is 0 Å². The molecule has 0 unspecified atom stereocenters. The molecule has 1 rings (SSSR count). The maximum Gasteiger partial charge on any atom is 0.239 e. The van der Waals surface area contributed by atoms with Gasteiger partial charge in [0, 0.05) is 13.1 Å². The molecule has 0 spiro atoms. The normalized spacial score (nSPS) is 18.0. The molecule has 1 amide bonds. The van der Waals surface area contributed by atoms with Crippen LogP contribution in [0.2, 0.25) is 0 Å². The van der Waals surface area contributed by atoms with E-state index in [4.69, 9.17) is 5.73 Å². The molecular weight excluding hydrogens is 236 g/mol. The quantitative estimate of drug-likeness (QED) is 0.772. The van der Waals surface area contributed by atoms with E-state index in [9.17, 15) is 4.79 Å². The van der Waals surface area contributed by atoms with Crippen molar-refractivity contribution in [2.45, 2.75) is 45.1 Å². The molecule has 1 fully saturated rings. The molecule has 1 aliphatic rings. The maximum absolute atomic E-state index is 11.9. The lowest BCUT2D eigenvalue weighted by Crippen LogP contribution is -2.44. The molecule has 100 valence electrons. The second-order valence-electron chi connectivity index (χ2n) is 4.82. The van der Waals surface area contributed by atoms with E-state index in [0.717, 1.165) is 6.54 Å². The van der Waals surface area contributed by atoms with Crippen LogP contribution in [0.15, 0.2) is 12.7 Å². The standard InChI is InChI=1S/C13H24N2O.ClH/c1-3-9-15(13(16)11(2)14)10-12-7-5-4-6-8-12;/h3,11-12H,1,4-10,14H2,2H3;1H/t11-;/m0./s1. The molecule has 17 heavy (non-hydrogen) atoms. The Bertz CT molecular complexity index is 238. The van der Waals surface area contributed by atoms with E-state index in [0.29, 0.717) is 12.5 Å². The Morgan fingerprint density at radius 1 is 1.47 bits per heavy atom. The Morgan fingerprint density at radius 3 is 2.53 bits per heavy atom. The summed E-state index contributed by atoms with van der Waals surface area (Å²) in [5, 5.41) is 0. The van der Waals surface area contributed by atoms with Crippen molar-refractivity contribution in [1.29, 1.82) is 0 Å². The van der Waals surface area contributed by atoms with Crippen LogP contribution in [-0.2, 0) is 4.79 Å². The molecule has 0 aromatic rings. The van der Waals surface area contributed by atoms with Crippen LogP contribution in [-0.4, -0.2) is 29.9 Å². The summed E-state index contributed by atoms with van der Waals surface area (Å²) in [6.07, 6.45) is 8.24. The van der Waals surface area contributed by atoms with Gasteiger partial charge in [0.05, 0.1) is 6.04 Å². The lowest BCUT2D eigenvalue weighted by molar-refractivity contribution is -0.132. The fraction of sp³-hybridized carbons (Fsp3) is 0.769. The first-order valence-electron chi connectivity index (χ1n) is 6.30. The average molecular weight is 261 g/mol. The van der Waals surface area contributed by atoms with Crippen LogP contribution < -0.4 is 5.73 Å². The van der Waals surface area contributed by atoms with E-state index in [1.807, 2.05) is 4.90 Å². The van der Waals surface area contributed by atoms with Crippen molar-refractivity contribution >= 4 is 18.3 Å². The van der Waals surface area contributed by atoms with Gasteiger partial charge in [0.25, 0.3) is 0 Å². The van der Waals surface area contributed by atoms with Gasteiger partial charge < -0.3 is 10.6 Å². The van der Waals surface area contributed by atoms with Crippen molar-refractivity contribution in [1.82, 2.24) is 4.90 Å². The van der Waals surface area contributed by atoms with Gasteiger partial charge in [-0.15, -0.1) is 19.0 Å². The molecule has 1 saturated carbocycles. The second-order valence-corrected chi connectivity index (χ2v) is 4.82. The zero-order chi connectivity index (χ0) is 12.0. The number of carbonyl (C=O) groups is 1. The Balaban J connectivity index is 0.00000256. The zero-order valence-corrected chi connectivity index (χ0v) is 11.5.